The van der Waals surface area contributed by atoms with Crippen LogP contribution in [0.3, 0.4) is 0 Å². The molecule has 2 aromatic carbocycles. The number of nitrogens with one attached hydrogen (secondary N) is 1. The van der Waals surface area contributed by atoms with Crippen LogP contribution in [-0.2, 0) is 33.6 Å². The molecule has 8 heteroatoms. The highest BCUT2D eigenvalue weighted by Gasteiger charge is 2.29. The summed E-state index contributed by atoms with van der Waals surface area (Å²) in [6.45, 7) is 8.39. The van der Waals surface area contributed by atoms with Crippen LogP contribution >= 0.6 is 12.4 Å². The van der Waals surface area contributed by atoms with Crippen LogP contribution in [0.25, 0.3) is 0 Å². The molecule has 0 heterocycles. The molecule has 0 bridgehead atoms. The fourth-order valence-electron chi connectivity index (χ4n) is 4.78. The summed E-state index contributed by atoms with van der Waals surface area (Å²) < 4.78 is 11.7. The van der Waals surface area contributed by atoms with Gasteiger partial charge >= 0.3 is 11.9 Å². The summed E-state index contributed by atoms with van der Waals surface area (Å²) in [5, 5.41) is 22.0. The number of carbonyl (C=O) groups excluding carboxylic acids is 1. The summed E-state index contributed by atoms with van der Waals surface area (Å²) in [6, 6.07) is 15.8. The van der Waals surface area contributed by atoms with Crippen molar-refractivity contribution in [2.75, 3.05) is 13.2 Å². The minimum atomic E-state index is -0.886. The van der Waals surface area contributed by atoms with Crippen LogP contribution in [0, 0.1) is 23.2 Å². The predicted octanol–water partition coefficient (Wildman–Crippen LogP) is 5.12. The second kappa shape index (κ2) is 14.2. The first kappa shape index (κ1) is 31.1. The van der Waals surface area contributed by atoms with Crippen LogP contribution in [0.4, 0.5) is 0 Å². The van der Waals surface area contributed by atoms with E-state index in [0.717, 1.165) is 24.8 Å². The molecule has 0 saturated heterocycles. The number of carboxylic acid groups (broad SMARTS) is 1. The SMILES string of the molecule is CC(C)C(=O)O[C@@H](CNC(C)(C)CC1Cc2ccccc2C1)COc1cc(CCC(=O)O)ccc1C#N.Cl. The number of nitriles is 1. The van der Waals surface area contributed by atoms with Gasteiger partial charge in [0.1, 0.15) is 24.5 Å². The third-order valence-corrected chi connectivity index (χ3v) is 6.72. The lowest BCUT2D eigenvalue weighted by atomic mass is 9.88. The highest BCUT2D eigenvalue weighted by atomic mass is 35.5. The Bertz CT molecular complexity index is 1120. The molecular weight excluding hydrogens is 504 g/mol. The van der Waals surface area contributed by atoms with Crippen molar-refractivity contribution in [2.24, 2.45) is 11.8 Å². The molecule has 0 saturated carbocycles. The van der Waals surface area contributed by atoms with Gasteiger partial charge in [0.15, 0.2) is 0 Å². The van der Waals surface area contributed by atoms with E-state index in [1.807, 2.05) is 0 Å². The Morgan fingerprint density at radius 2 is 1.82 bits per heavy atom. The lowest BCUT2D eigenvalue weighted by Gasteiger charge is -2.31. The van der Waals surface area contributed by atoms with Crippen molar-refractivity contribution in [3.63, 3.8) is 0 Å². The molecule has 38 heavy (non-hydrogen) atoms. The van der Waals surface area contributed by atoms with E-state index in [4.69, 9.17) is 14.6 Å². The summed E-state index contributed by atoms with van der Waals surface area (Å²) in [5.74, 6) is -0.558. The molecule has 0 aromatic heterocycles. The number of hydrogen-bond acceptors (Lipinski definition) is 6. The summed E-state index contributed by atoms with van der Waals surface area (Å²) >= 11 is 0. The van der Waals surface area contributed by atoms with Crippen LogP contribution in [0.15, 0.2) is 42.5 Å². The molecule has 0 radical (unpaired) electrons. The van der Waals surface area contributed by atoms with Gasteiger partial charge in [-0.25, -0.2) is 0 Å². The molecule has 0 unspecified atom stereocenters. The fraction of sp³-hybridized carbons (Fsp3) is 0.500. The summed E-state index contributed by atoms with van der Waals surface area (Å²) in [4.78, 5) is 23.3. The summed E-state index contributed by atoms with van der Waals surface area (Å²) in [7, 11) is 0. The number of carboxylic acids is 1. The Morgan fingerprint density at radius 3 is 2.39 bits per heavy atom. The predicted molar refractivity (Wildman–Crippen MR) is 149 cm³/mol. The molecule has 1 aliphatic rings. The monoisotopic (exact) mass is 542 g/mol. The largest absolute Gasteiger partial charge is 0.488 e. The number of benzene rings is 2. The molecule has 1 atom stereocenters. The number of esters is 1. The number of rotatable bonds is 13. The van der Waals surface area contributed by atoms with Crippen molar-refractivity contribution in [1.29, 1.82) is 5.26 Å². The zero-order valence-corrected chi connectivity index (χ0v) is 23.5. The molecule has 0 aliphatic heterocycles. The summed E-state index contributed by atoms with van der Waals surface area (Å²) in [6.07, 6.45) is 2.91. The Balaban J connectivity index is 0.00000507. The van der Waals surface area contributed by atoms with Gasteiger partial charge in [-0.2, -0.15) is 5.26 Å². The molecular formula is C30H39ClN2O5. The minimum absolute atomic E-state index is 0. The van der Waals surface area contributed by atoms with E-state index in [1.165, 1.54) is 11.1 Å². The minimum Gasteiger partial charge on any atom is -0.488 e. The zero-order chi connectivity index (χ0) is 27.0. The molecule has 0 fully saturated rings. The number of carbonyl (C=O) groups is 2. The second-order valence-corrected chi connectivity index (χ2v) is 10.9. The van der Waals surface area contributed by atoms with Crippen LogP contribution < -0.4 is 10.1 Å². The zero-order valence-electron chi connectivity index (χ0n) is 22.7. The average molecular weight is 543 g/mol. The van der Waals surface area contributed by atoms with E-state index in [-0.39, 0.29) is 42.9 Å². The number of hydrogen-bond donors (Lipinski definition) is 2. The third kappa shape index (κ3) is 9.34. The fourth-order valence-corrected chi connectivity index (χ4v) is 4.78. The quantitative estimate of drug-likeness (QED) is 0.338. The maximum absolute atomic E-state index is 12.4. The number of ether oxygens (including phenoxy) is 2. The molecule has 206 valence electrons. The molecule has 2 aromatic rings. The van der Waals surface area contributed by atoms with Crippen molar-refractivity contribution >= 4 is 24.3 Å². The highest BCUT2D eigenvalue weighted by Crippen LogP contribution is 2.32. The van der Waals surface area contributed by atoms with Crippen LogP contribution in [-0.4, -0.2) is 41.8 Å². The number of nitrogens with zero attached hydrogens (tertiary/aromatic N) is 1. The van der Waals surface area contributed by atoms with Gasteiger partial charge in [-0.05, 0) is 74.3 Å². The second-order valence-electron chi connectivity index (χ2n) is 10.9. The van der Waals surface area contributed by atoms with Crippen molar-refractivity contribution in [3.05, 3.63) is 64.7 Å². The van der Waals surface area contributed by atoms with Crippen molar-refractivity contribution in [3.8, 4) is 11.8 Å². The topological polar surface area (TPSA) is 109 Å². The van der Waals surface area contributed by atoms with E-state index >= 15 is 0 Å². The number of aryl methyl sites for hydroxylation is 1. The van der Waals surface area contributed by atoms with Gasteiger partial charge < -0.3 is 19.9 Å². The smallest absolute Gasteiger partial charge is 0.308 e. The van der Waals surface area contributed by atoms with E-state index < -0.39 is 12.1 Å². The van der Waals surface area contributed by atoms with E-state index in [9.17, 15) is 14.9 Å². The van der Waals surface area contributed by atoms with E-state index in [0.29, 0.717) is 30.2 Å². The number of halogens is 1. The van der Waals surface area contributed by atoms with Crippen molar-refractivity contribution in [1.82, 2.24) is 5.32 Å². The van der Waals surface area contributed by atoms with E-state index in [1.54, 1.807) is 32.0 Å². The highest BCUT2D eigenvalue weighted by molar-refractivity contribution is 5.85. The molecule has 1 aliphatic carbocycles. The standard InChI is InChI=1S/C30H38N2O5.ClH/c1-20(2)29(35)37-26(19-36-27-15-21(10-12-28(33)34)9-11-25(27)17-31)18-32-30(3,4)16-22-13-23-7-5-6-8-24(23)14-22;/h5-9,11,15,20,22,26,32H,10,12-14,16,18-19H2,1-4H3,(H,33,34);1H/t26-;/m0./s1. The molecule has 7 nitrogen and oxygen atoms in total. The summed E-state index contributed by atoms with van der Waals surface area (Å²) in [5.41, 5.74) is 3.80. The molecule has 3 rings (SSSR count). The normalized spacial score (nSPS) is 13.8. The lowest BCUT2D eigenvalue weighted by Crippen LogP contribution is -2.47. The van der Waals surface area contributed by atoms with Crippen molar-refractivity contribution < 1.29 is 24.2 Å². The Hall–Kier alpha value is -3.08. The first-order valence-corrected chi connectivity index (χ1v) is 13.0. The Labute approximate surface area is 231 Å². The van der Waals surface area contributed by atoms with Crippen LogP contribution in [0.5, 0.6) is 5.75 Å². The van der Waals surface area contributed by atoms with Crippen LogP contribution in [0.2, 0.25) is 0 Å². The van der Waals surface area contributed by atoms with Gasteiger partial charge in [0.2, 0.25) is 0 Å². The van der Waals surface area contributed by atoms with Gasteiger partial charge in [0.05, 0.1) is 11.5 Å². The maximum atomic E-state index is 12.4. The van der Waals surface area contributed by atoms with Gasteiger partial charge in [0, 0.05) is 18.5 Å². The Kier molecular flexibility index (Phi) is 11.6. The van der Waals surface area contributed by atoms with Crippen molar-refractivity contribution in [2.45, 2.75) is 71.4 Å². The number of fused-ring (bicyclic) bond motifs is 1. The van der Waals surface area contributed by atoms with Gasteiger partial charge in [-0.3, -0.25) is 9.59 Å². The van der Waals surface area contributed by atoms with Gasteiger partial charge in [-0.1, -0.05) is 44.2 Å². The third-order valence-electron chi connectivity index (χ3n) is 6.72. The first-order chi connectivity index (χ1) is 17.6. The van der Waals surface area contributed by atoms with Gasteiger partial charge in [-0.15, -0.1) is 12.4 Å². The lowest BCUT2D eigenvalue weighted by molar-refractivity contribution is -0.154. The molecule has 0 amide bonds. The first-order valence-electron chi connectivity index (χ1n) is 13.0. The average Bonchev–Trinajstić information content (AvgIpc) is 3.25. The van der Waals surface area contributed by atoms with Gasteiger partial charge in [0.25, 0.3) is 0 Å². The van der Waals surface area contributed by atoms with Crippen LogP contribution in [0.1, 0.15) is 62.8 Å². The molecule has 2 N–H and O–H groups in total. The Morgan fingerprint density at radius 1 is 1.16 bits per heavy atom. The maximum Gasteiger partial charge on any atom is 0.308 e. The number of aliphatic carboxylic acids is 1. The van der Waals surface area contributed by atoms with E-state index in [2.05, 4.69) is 49.5 Å². The molecule has 0 spiro atoms.